The molecule has 0 saturated carbocycles. The summed E-state index contributed by atoms with van der Waals surface area (Å²) in [6.45, 7) is 2.69. The van der Waals surface area contributed by atoms with Crippen molar-refractivity contribution >= 4 is 29.2 Å². The van der Waals surface area contributed by atoms with E-state index in [-0.39, 0.29) is 5.92 Å². The zero-order valence-electron chi connectivity index (χ0n) is 16.6. The maximum atomic E-state index is 11.8. The fourth-order valence-electron chi connectivity index (χ4n) is 4.16. The van der Waals surface area contributed by atoms with Gasteiger partial charge in [-0.3, -0.25) is 4.79 Å². The van der Waals surface area contributed by atoms with Crippen LogP contribution in [0.4, 0.5) is 5.69 Å². The molecule has 1 aliphatic heterocycles. The molecule has 29 heavy (non-hydrogen) atoms. The van der Waals surface area contributed by atoms with Gasteiger partial charge < -0.3 is 15.7 Å². The molecule has 0 spiro atoms. The van der Waals surface area contributed by atoms with Crippen LogP contribution in [0, 0.1) is 0 Å². The topological polar surface area (TPSA) is 83.6 Å². The van der Waals surface area contributed by atoms with E-state index in [0.29, 0.717) is 23.6 Å². The molecule has 0 aliphatic carbocycles. The molecule has 3 N–H and O–H groups in total. The summed E-state index contributed by atoms with van der Waals surface area (Å²) in [7, 11) is 0. The van der Waals surface area contributed by atoms with E-state index in [4.69, 9.17) is 17.3 Å². The van der Waals surface area contributed by atoms with Crippen LogP contribution >= 0.6 is 11.6 Å². The number of hydrogen-bond donors (Lipinski definition) is 2. The number of carboxylic acid groups (broad SMARTS) is 1. The van der Waals surface area contributed by atoms with Gasteiger partial charge >= 0.3 is 5.97 Å². The Morgan fingerprint density at radius 3 is 2.52 bits per heavy atom. The Morgan fingerprint density at radius 1 is 1.10 bits per heavy atom. The number of nitrogens with two attached hydrogens (primary N) is 1. The van der Waals surface area contributed by atoms with E-state index in [1.54, 1.807) is 12.1 Å². The molecular weight excluding hydrogens is 388 g/mol. The average Bonchev–Trinajstić information content (AvgIpc) is 2.67. The third-order valence-corrected chi connectivity index (χ3v) is 6.09. The van der Waals surface area contributed by atoms with E-state index in [0.717, 1.165) is 42.5 Å². The highest BCUT2D eigenvalue weighted by Crippen LogP contribution is 2.35. The number of halogens is 1. The molecule has 6 heteroatoms. The fraction of sp³-hybridized carbons (Fsp3) is 0.391. The van der Waals surface area contributed by atoms with Crippen LogP contribution in [0.5, 0.6) is 0 Å². The lowest BCUT2D eigenvalue weighted by Crippen LogP contribution is -2.42. The second kappa shape index (κ2) is 9.31. The minimum absolute atomic E-state index is 0.122. The Kier molecular flexibility index (Phi) is 6.80. The van der Waals surface area contributed by atoms with Crippen LogP contribution in [0.1, 0.15) is 66.4 Å². The smallest absolute Gasteiger partial charge is 0.326 e. The number of rotatable bonds is 5. The predicted molar refractivity (Wildman–Crippen MR) is 116 cm³/mol. The van der Waals surface area contributed by atoms with E-state index in [1.807, 2.05) is 42.2 Å². The number of aliphatic carboxylic acids is 1. The molecule has 0 radical (unpaired) electrons. The first-order valence-corrected chi connectivity index (χ1v) is 10.5. The molecule has 2 unspecified atom stereocenters. The molecule has 5 nitrogen and oxygen atoms in total. The molecule has 2 aromatic rings. The number of anilines is 1. The Morgan fingerprint density at radius 2 is 1.83 bits per heavy atom. The van der Waals surface area contributed by atoms with Crippen molar-refractivity contribution in [2.45, 2.75) is 51.0 Å². The molecule has 2 atom stereocenters. The van der Waals surface area contributed by atoms with E-state index in [2.05, 4.69) is 0 Å². The third kappa shape index (κ3) is 4.73. The molecule has 154 valence electrons. The summed E-state index contributed by atoms with van der Waals surface area (Å²) < 4.78 is 0. The normalized spacial score (nSPS) is 18.6. The van der Waals surface area contributed by atoms with Crippen molar-refractivity contribution in [3.8, 4) is 0 Å². The van der Waals surface area contributed by atoms with E-state index < -0.39 is 17.9 Å². The molecule has 1 heterocycles. The molecule has 3 rings (SSSR count). The molecule has 1 fully saturated rings. The number of benzene rings is 2. The molecule has 1 amide bonds. The van der Waals surface area contributed by atoms with Gasteiger partial charge in [-0.1, -0.05) is 62.1 Å². The predicted octanol–water partition coefficient (Wildman–Crippen LogP) is 4.81. The summed E-state index contributed by atoms with van der Waals surface area (Å²) in [6.07, 6.45) is 4.70. The Bertz CT molecular complexity index is 899. The zero-order chi connectivity index (χ0) is 21.0. The van der Waals surface area contributed by atoms with Gasteiger partial charge in [0.15, 0.2) is 0 Å². The van der Waals surface area contributed by atoms with E-state index in [1.165, 1.54) is 0 Å². The van der Waals surface area contributed by atoms with Crippen molar-refractivity contribution in [2.24, 2.45) is 5.73 Å². The summed E-state index contributed by atoms with van der Waals surface area (Å²) in [4.78, 5) is 25.6. The fourth-order valence-corrected chi connectivity index (χ4v) is 4.50. The molecule has 0 aromatic heterocycles. The largest absolute Gasteiger partial charge is 0.480 e. The number of carbonyl (C=O) groups excluding carboxylic acids is 1. The first kappa shape index (κ1) is 21.2. The van der Waals surface area contributed by atoms with Crippen LogP contribution in [-0.4, -0.2) is 29.6 Å². The van der Waals surface area contributed by atoms with Crippen LogP contribution in [0.25, 0.3) is 0 Å². The first-order valence-electron chi connectivity index (χ1n) is 10.1. The zero-order valence-corrected chi connectivity index (χ0v) is 17.4. The van der Waals surface area contributed by atoms with Gasteiger partial charge in [-0.2, -0.15) is 0 Å². The second-order valence-electron chi connectivity index (χ2n) is 7.63. The Hall–Kier alpha value is -2.53. The number of primary amides is 1. The van der Waals surface area contributed by atoms with Crippen LogP contribution in [0.15, 0.2) is 42.5 Å². The highest BCUT2D eigenvalue weighted by atomic mass is 35.5. The molecule has 1 aliphatic rings. The summed E-state index contributed by atoms with van der Waals surface area (Å²) in [5.74, 6) is -1.39. The minimum Gasteiger partial charge on any atom is -0.480 e. The van der Waals surface area contributed by atoms with Crippen molar-refractivity contribution < 1.29 is 14.7 Å². The second-order valence-corrected chi connectivity index (χ2v) is 8.04. The highest BCUT2D eigenvalue weighted by molar-refractivity contribution is 6.31. The molecule has 0 bridgehead atoms. The Labute approximate surface area is 176 Å². The summed E-state index contributed by atoms with van der Waals surface area (Å²) in [5.41, 5.74) is 8.53. The number of carbonyl (C=O) groups is 2. The standard InChI is InChI=1S/C23H27ClN2O3/c1-15(17-8-5-6-9-19(17)22(25)27)18-12-11-16(14-20(18)24)26-13-7-3-2-4-10-21(26)23(28)29/h5-6,8-9,11-12,14-15,21H,2-4,7,10,13H2,1H3,(H2,25,27)(H,28,29). The lowest BCUT2D eigenvalue weighted by molar-refractivity contribution is -0.138. The van der Waals surface area contributed by atoms with Gasteiger partial charge in [-0.25, -0.2) is 4.79 Å². The van der Waals surface area contributed by atoms with Crippen molar-refractivity contribution in [3.05, 3.63) is 64.2 Å². The van der Waals surface area contributed by atoms with Gasteiger partial charge in [0, 0.05) is 28.7 Å². The molecule has 1 saturated heterocycles. The molecule has 2 aromatic carbocycles. The van der Waals surface area contributed by atoms with Crippen LogP contribution in [0.2, 0.25) is 5.02 Å². The number of hydrogen-bond acceptors (Lipinski definition) is 3. The van der Waals surface area contributed by atoms with Crippen LogP contribution in [0.3, 0.4) is 0 Å². The molecular formula is C23H27ClN2O3. The lowest BCUT2D eigenvalue weighted by atomic mass is 9.89. The quantitative estimate of drug-likeness (QED) is 0.734. The maximum absolute atomic E-state index is 11.8. The van der Waals surface area contributed by atoms with Crippen molar-refractivity contribution in [1.82, 2.24) is 0 Å². The maximum Gasteiger partial charge on any atom is 0.326 e. The minimum atomic E-state index is -0.796. The van der Waals surface area contributed by atoms with Crippen molar-refractivity contribution in [2.75, 3.05) is 11.4 Å². The van der Waals surface area contributed by atoms with Gasteiger partial charge in [-0.05, 0) is 42.2 Å². The number of nitrogens with zero attached hydrogens (tertiary/aromatic N) is 1. The monoisotopic (exact) mass is 414 g/mol. The summed E-state index contributed by atoms with van der Waals surface area (Å²) in [6, 6.07) is 12.4. The van der Waals surface area contributed by atoms with Crippen LogP contribution in [-0.2, 0) is 4.79 Å². The average molecular weight is 415 g/mol. The first-order chi connectivity index (χ1) is 13.9. The van der Waals surface area contributed by atoms with Gasteiger partial charge in [0.25, 0.3) is 0 Å². The number of amides is 1. The third-order valence-electron chi connectivity index (χ3n) is 5.76. The van der Waals surface area contributed by atoms with Gasteiger partial charge in [0.1, 0.15) is 6.04 Å². The van der Waals surface area contributed by atoms with Crippen LogP contribution < -0.4 is 10.6 Å². The number of carboxylic acids is 1. The van der Waals surface area contributed by atoms with Gasteiger partial charge in [0.2, 0.25) is 5.91 Å². The van der Waals surface area contributed by atoms with Crippen molar-refractivity contribution in [3.63, 3.8) is 0 Å². The summed E-state index contributed by atoms with van der Waals surface area (Å²) >= 11 is 6.64. The van der Waals surface area contributed by atoms with Crippen molar-refractivity contribution in [1.29, 1.82) is 0 Å². The Balaban J connectivity index is 1.93. The van der Waals surface area contributed by atoms with E-state index in [9.17, 15) is 14.7 Å². The van der Waals surface area contributed by atoms with Gasteiger partial charge in [-0.15, -0.1) is 0 Å². The summed E-state index contributed by atoms with van der Waals surface area (Å²) in [5, 5.41) is 10.3. The van der Waals surface area contributed by atoms with E-state index >= 15 is 0 Å². The highest BCUT2D eigenvalue weighted by Gasteiger charge is 2.27. The SMILES string of the molecule is CC(c1ccc(N2CCCCCCC2C(=O)O)cc1Cl)c1ccccc1C(N)=O. The van der Waals surface area contributed by atoms with Gasteiger partial charge in [0.05, 0.1) is 0 Å². The lowest BCUT2D eigenvalue weighted by Gasteiger charge is -2.33.